The van der Waals surface area contributed by atoms with Gasteiger partial charge in [-0.15, -0.1) is 11.8 Å². The van der Waals surface area contributed by atoms with Gasteiger partial charge in [0.15, 0.2) is 0 Å². The quantitative estimate of drug-likeness (QED) is 0.505. The van der Waals surface area contributed by atoms with E-state index >= 15 is 0 Å². The fraction of sp³-hybridized carbons (Fsp3) is 0.462. The Morgan fingerprint density at radius 3 is 2.53 bits per heavy atom. The monoisotopic (exact) mass is 472 g/mol. The molecule has 2 amide bonds. The number of nitrogens with one attached hydrogen (secondary N) is 1. The van der Waals surface area contributed by atoms with Crippen LogP contribution in [-0.4, -0.2) is 34.6 Å². The van der Waals surface area contributed by atoms with E-state index in [2.05, 4.69) is 11.4 Å². The van der Waals surface area contributed by atoms with E-state index < -0.39 is 6.04 Å². The van der Waals surface area contributed by atoms with E-state index in [9.17, 15) is 9.59 Å². The third kappa shape index (κ3) is 7.56. The van der Waals surface area contributed by atoms with Gasteiger partial charge in [0.1, 0.15) is 6.04 Å². The molecule has 1 N–H and O–H groups in total. The number of hydrogen-bond acceptors (Lipinski definition) is 3. The van der Waals surface area contributed by atoms with E-state index in [1.165, 1.54) is 6.42 Å². The van der Waals surface area contributed by atoms with Gasteiger partial charge in [-0.3, -0.25) is 9.59 Å². The summed E-state index contributed by atoms with van der Waals surface area (Å²) in [6.07, 6.45) is 5.61. The number of carbonyl (C=O) groups is 2. The van der Waals surface area contributed by atoms with Crippen LogP contribution in [0.15, 0.2) is 48.5 Å². The largest absolute Gasteiger partial charge is 0.352 e. The van der Waals surface area contributed by atoms with Crippen LogP contribution in [0, 0.1) is 6.92 Å². The lowest BCUT2D eigenvalue weighted by molar-refractivity contribution is -0.139. The highest BCUT2D eigenvalue weighted by atomic mass is 35.5. The van der Waals surface area contributed by atoms with Gasteiger partial charge >= 0.3 is 0 Å². The normalized spacial score (nSPS) is 15.2. The lowest BCUT2D eigenvalue weighted by atomic mass is 9.95. The zero-order valence-corrected chi connectivity index (χ0v) is 20.6. The molecule has 1 atom stereocenters. The lowest BCUT2D eigenvalue weighted by Gasteiger charge is -2.31. The van der Waals surface area contributed by atoms with Gasteiger partial charge in [-0.25, -0.2) is 0 Å². The number of thioether (sulfide) groups is 1. The fourth-order valence-electron chi connectivity index (χ4n) is 4.12. The van der Waals surface area contributed by atoms with Crippen molar-refractivity contribution in [3.63, 3.8) is 0 Å². The van der Waals surface area contributed by atoms with Crippen molar-refractivity contribution in [2.24, 2.45) is 0 Å². The Balaban J connectivity index is 1.65. The van der Waals surface area contributed by atoms with Gasteiger partial charge < -0.3 is 10.2 Å². The second kappa shape index (κ2) is 12.3. The summed E-state index contributed by atoms with van der Waals surface area (Å²) in [5.41, 5.74) is 3.27. The Morgan fingerprint density at radius 1 is 1.09 bits per heavy atom. The number of amides is 2. The molecule has 32 heavy (non-hydrogen) atoms. The summed E-state index contributed by atoms with van der Waals surface area (Å²) in [5, 5.41) is 3.88. The predicted molar refractivity (Wildman–Crippen MR) is 134 cm³/mol. The summed E-state index contributed by atoms with van der Waals surface area (Å²) in [6.45, 7) is 4.31. The molecule has 0 saturated heterocycles. The minimum absolute atomic E-state index is 0.0233. The average molecular weight is 473 g/mol. The number of rotatable bonds is 9. The Labute approximate surface area is 201 Å². The van der Waals surface area contributed by atoms with Crippen molar-refractivity contribution in [1.82, 2.24) is 10.2 Å². The van der Waals surface area contributed by atoms with Crippen LogP contribution in [0.1, 0.15) is 55.7 Å². The predicted octanol–water partition coefficient (Wildman–Crippen LogP) is 5.75. The molecule has 4 nitrogen and oxygen atoms in total. The van der Waals surface area contributed by atoms with Gasteiger partial charge in [0.25, 0.3) is 0 Å². The van der Waals surface area contributed by atoms with Gasteiger partial charge in [0.2, 0.25) is 11.8 Å². The summed E-state index contributed by atoms with van der Waals surface area (Å²) >= 11 is 7.62. The molecule has 0 heterocycles. The number of halogens is 1. The molecule has 1 saturated carbocycles. The molecule has 0 radical (unpaired) electrons. The molecule has 1 fully saturated rings. The minimum Gasteiger partial charge on any atom is -0.352 e. The van der Waals surface area contributed by atoms with Gasteiger partial charge in [-0.1, -0.05) is 72.8 Å². The van der Waals surface area contributed by atoms with Gasteiger partial charge in [-0.05, 0) is 49.9 Å². The highest BCUT2D eigenvalue weighted by Gasteiger charge is 2.28. The molecule has 1 aliphatic carbocycles. The molecule has 0 spiro atoms. The highest BCUT2D eigenvalue weighted by Crippen LogP contribution is 2.20. The molecule has 1 aliphatic rings. The van der Waals surface area contributed by atoms with Crippen LogP contribution in [-0.2, 0) is 21.9 Å². The Morgan fingerprint density at radius 2 is 1.81 bits per heavy atom. The topological polar surface area (TPSA) is 49.4 Å². The fourth-order valence-corrected chi connectivity index (χ4v) is 5.20. The third-order valence-electron chi connectivity index (χ3n) is 5.94. The summed E-state index contributed by atoms with van der Waals surface area (Å²) in [7, 11) is 0. The SMILES string of the molecule is Cc1cccc(CN(C(=O)CSCc2cccc(Cl)c2)[C@H](C)C(=O)NC2CCCCC2)c1. The van der Waals surface area contributed by atoms with Crippen LogP contribution in [0.25, 0.3) is 0 Å². The van der Waals surface area contributed by atoms with Gasteiger partial charge in [0.05, 0.1) is 5.75 Å². The second-order valence-corrected chi connectivity index (χ2v) is 10.1. The minimum atomic E-state index is -0.517. The maximum Gasteiger partial charge on any atom is 0.242 e. The zero-order valence-electron chi connectivity index (χ0n) is 19.0. The molecule has 0 aliphatic heterocycles. The number of carbonyl (C=O) groups excluding carboxylic acids is 2. The summed E-state index contributed by atoms with van der Waals surface area (Å²) in [4.78, 5) is 28.0. The van der Waals surface area contributed by atoms with Gasteiger partial charge in [-0.2, -0.15) is 0 Å². The van der Waals surface area contributed by atoms with Gasteiger partial charge in [0, 0.05) is 23.4 Å². The average Bonchev–Trinajstić information content (AvgIpc) is 2.77. The number of benzene rings is 2. The lowest BCUT2D eigenvalue weighted by Crippen LogP contribution is -2.50. The van der Waals surface area contributed by atoms with Crippen LogP contribution in [0.2, 0.25) is 5.02 Å². The summed E-state index contributed by atoms with van der Waals surface area (Å²) in [5.74, 6) is 0.939. The smallest absolute Gasteiger partial charge is 0.242 e. The van der Waals surface area contributed by atoms with E-state index in [1.807, 2.05) is 56.3 Å². The molecule has 2 aromatic rings. The standard InChI is InChI=1S/C26H33ClN2O2S/c1-19-8-6-9-21(14-19)16-29(20(2)26(31)28-24-12-4-3-5-13-24)25(30)18-32-17-22-10-7-11-23(27)15-22/h6-11,14-15,20,24H,3-5,12-13,16-18H2,1-2H3,(H,28,31)/t20-/m1/s1. The number of nitrogens with zero attached hydrogens (tertiary/aromatic N) is 1. The molecular formula is C26H33ClN2O2S. The van der Waals surface area contributed by atoms with Crippen LogP contribution < -0.4 is 5.32 Å². The van der Waals surface area contributed by atoms with Crippen LogP contribution in [0.4, 0.5) is 0 Å². The molecule has 2 aromatic carbocycles. The second-order valence-electron chi connectivity index (χ2n) is 8.65. The number of aryl methyl sites for hydroxylation is 1. The van der Waals surface area contributed by atoms with Crippen molar-refractivity contribution in [2.75, 3.05) is 5.75 Å². The van der Waals surface area contributed by atoms with Crippen molar-refractivity contribution in [2.45, 2.75) is 70.3 Å². The van der Waals surface area contributed by atoms with E-state index in [1.54, 1.807) is 16.7 Å². The molecular weight excluding hydrogens is 440 g/mol. The summed E-state index contributed by atoms with van der Waals surface area (Å²) < 4.78 is 0. The van der Waals surface area contributed by atoms with E-state index in [4.69, 9.17) is 11.6 Å². The van der Waals surface area contributed by atoms with Crippen LogP contribution in [0.3, 0.4) is 0 Å². The van der Waals surface area contributed by atoms with Crippen molar-refractivity contribution in [3.05, 3.63) is 70.2 Å². The van der Waals surface area contributed by atoms with Crippen molar-refractivity contribution in [3.8, 4) is 0 Å². The first-order valence-corrected chi connectivity index (χ1v) is 12.9. The van der Waals surface area contributed by atoms with Crippen LogP contribution in [0.5, 0.6) is 0 Å². The summed E-state index contributed by atoms with van der Waals surface area (Å²) in [6, 6.07) is 15.5. The first-order chi connectivity index (χ1) is 15.4. The van der Waals surface area contributed by atoms with E-state index in [0.29, 0.717) is 23.1 Å². The molecule has 0 aromatic heterocycles. The highest BCUT2D eigenvalue weighted by molar-refractivity contribution is 7.99. The number of hydrogen-bond donors (Lipinski definition) is 1. The first kappa shape index (κ1) is 24.7. The Hall–Kier alpha value is -1.98. The third-order valence-corrected chi connectivity index (χ3v) is 7.16. The van der Waals surface area contributed by atoms with Crippen molar-refractivity contribution < 1.29 is 9.59 Å². The van der Waals surface area contributed by atoms with E-state index in [0.717, 1.165) is 42.4 Å². The maximum absolute atomic E-state index is 13.2. The van der Waals surface area contributed by atoms with Crippen LogP contribution >= 0.6 is 23.4 Å². The first-order valence-electron chi connectivity index (χ1n) is 11.4. The van der Waals surface area contributed by atoms with E-state index in [-0.39, 0.29) is 17.9 Å². The Bertz CT molecular complexity index is 914. The molecule has 0 unspecified atom stereocenters. The molecule has 6 heteroatoms. The molecule has 0 bridgehead atoms. The molecule has 3 rings (SSSR count). The zero-order chi connectivity index (χ0) is 22.9. The van der Waals surface area contributed by atoms with Crippen molar-refractivity contribution >= 4 is 35.2 Å². The molecule has 172 valence electrons. The Kier molecular flexibility index (Phi) is 9.49. The maximum atomic E-state index is 13.2. The van der Waals surface area contributed by atoms with Crippen molar-refractivity contribution in [1.29, 1.82) is 0 Å².